The van der Waals surface area contributed by atoms with Crippen LogP contribution in [-0.4, -0.2) is 42.0 Å². The molecule has 0 unspecified atom stereocenters. The number of ether oxygens (including phenoxy) is 1. The molecule has 0 radical (unpaired) electrons. The molecule has 0 bridgehead atoms. The number of aliphatic imine (C=N–C) groups is 3. The molecule has 3 rings (SSSR count). The summed E-state index contributed by atoms with van der Waals surface area (Å²) in [4.78, 5) is 36.1. The van der Waals surface area contributed by atoms with Gasteiger partial charge in [0.05, 0.1) is 23.0 Å². The maximum absolute atomic E-state index is 12.2. The van der Waals surface area contributed by atoms with Crippen molar-refractivity contribution in [2.24, 2.45) is 26.4 Å². The average Bonchev–Trinajstić information content (AvgIpc) is 2.92. The molecule has 0 aromatic heterocycles. The van der Waals surface area contributed by atoms with Gasteiger partial charge in [0, 0.05) is 13.0 Å². The lowest BCUT2D eigenvalue weighted by Gasteiger charge is -2.10. The standard InChI is InChI=1S/C18H19N5O3/c1-9(2)26-17(25)11-5-3-10(4-6-11)7-12-13(8-19)21-15-14(12)16(24)23-18(20)22-15/h3-6,9H,7-8,19H2,1-2H3,(H2,20,23,24). The van der Waals surface area contributed by atoms with Crippen molar-refractivity contribution < 1.29 is 14.3 Å². The molecule has 2 heterocycles. The Kier molecular flexibility index (Phi) is 4.77. The van der Waals surface area contributed by atoms with Crippen LogP contribution in [0.2, 0.25) is 0 Å². The van der Waals surface area contributed by atoms with E-state index in [0.29, 0.717) is 28.8 Å². The number of nitrogens with zero attached hydrogens (tertiary/aromatic N) is 3. The Hall–Kier alpha value is -3.13. The van der Waals surface area contributed by atoms with Gasteiger partial charge in [-0.05, 0) is 37.1 Å². The predicted molar refractivity (Wildman–Crippen MR) is 98.3 cm³/mol. The third-order valence-electron chi connectivity index (χ3n) is 3.87. The summed E-state index contributed by atoms with van der Waals surface area (Å²) in [6, 6.07) is 6.98. The fourth-order valence-corrected chi connectivity index (χ4v) is 2.73. The third-order valence-corrected chi connectivity index (χ3v) is 3.87. The van der Waals surface area contributed by atoms with E-state index in [4.69, 9.17) is 16.2 Å². The summed E-state index contributed by atoms with van der Waals surface area (Å²) in [6.07, 6.45) is 0.240. The van der Waals surface area contributed by atoms with Crippen molar-refractivity contribution in [2.75, 3.05) is 6.54 Å². The molecule has 8 nitrogen and oxygen atoms in total. The molecule has 4 N–H and O–H groups in total. The van der Waals surface area contributed by atoms with Gasteiger partial charge in [-0.15, -0.1) is 0 Å². The highest BCUT2D eigenvalue weighted by Crippen LogP contribution is 2.25. The molecule has 0 aliphatic carbocycles. The van der Waals surface area contributed by atoms with Crippen molar-refractivity contribution in [3.8, 4) is 0 Å². The number of rotatable bonds is 5. The van der Waals surface area contributed by atoms with E-state index in [1.807, 2.05) is 0 Å². The topological polar surface area (TPSA) is 132 Å². The first-order chi connectivity index (χ1) is 12.4. The number of nitrogens with two attached hydrogens (primary N) is 2. The van der Waals surface area contributed by atoms with Gasteiger partial charge in [-0.25, -0.2) is 9.79 Å². The minimum Gasteiger partial charge on any atom is -0.459 e. The van der Waals surface area contributed by atoms with Gasteiger partial charge in [0.25, 0.3) is 5.91 Å². The fourth-order valence-electron chi connectivity index (χ4n) is 2.73. The van der Waals surface area contributed by atoms with Gasteiger partial charge in [0.15, 0.2) is 5.84 Å². The van der Waals surface area contributed by atoms with Crippen molar-refractivity contribution in [3.63, 3.8) is 0 Å². The van der Waals surface area contributed by atoms with E-state index in [0.717, 1.165) is 5.56 Å². The van der Waals surface area contributed by atoms with Crippen LogP contribution in [0.1, 0.15) is 29.8 Å². The second kappa shape index (κ2) is 7.01. The van der Waals surface area contributed by atoms with Crippen LogP contribution in [0.4, 0.5) is 0 Å². The molecular weight excluding hydrogens is 334 g/mol. The molecule has 8 heteroatoms. The number of esters is 1. The Balaban J connectivity index is 1.86. The Bertz CT molecular complexity index is 892. The van der Waals surface area contributed by atoms with Crippen LogP contribution < -0.4 is 11.5 Å². The lowest BCUT2D eigenvalue weighted by molar-refractivity contribution is -0.114. The SMILES string of the molecule is CC(C)OC(=O)c1ccc(CC2=C3C(=O)N=C(N)N=C3N=C2CN)cc1. The fraction of sp³-hybridized carbons (Fsp3) is 0.278. The van der Waals surface area contributed by atoms with Gasteiger partial charge in [-0.3, -0.25) is 4.79 Å². The number of hydrogen-bond donors (Lipinski definition) is 2. The summed E-state index contributed by atoms with van der Waals surface area (Å²) in [5.74, 6) is -0.689. The summed E-state index contributed by atoms with van der Waals surface area (Å²) >= 11 is 0. The number of guanidine groups is 1. The van der Waals surface area contributed by atoms with Crippen molar-refractivity contribution in [3.05, 3.63) is 46.5 Å². The number of amidine groups is 1. The van der Waals surface area contributed by atoms with Crippen LogP contribution in [0.5, 0.6) is 0 Å². The van der Waals surface area contributed by atoms with Crippen LogP contribution in [0.3, 0.4) is 0 Å². The summed E-state index contributed by atoms with van der Waals surface area (Å²) < 4.78 is 5.17. The van der Waals surface area contributed by atoms with Crippen LogP contribution in [0.15, 0.2) is 50.4 Å². The lowest BCUT2D eigenvalue weighted by Crippen LogP contribution is -2.23. The minimum atomic E-state index is -0.466. The highest BCUT2D eigenvalue weighted by Gasteiger charge is 2.32. The van der Waals surface area contributed by atoms with Crippen molar-refractivity contribution in [1.82, 2.24) is 0 Å². The van der Waals surface area contributed by atoms with Crippen molar-refractivity contribution in [1.29, 1.82) is 0 Å². The van der Waals surface area contributed by atoms with Gasteiger partial charge in [0.1, 0.15) is 0 Å². The van der Waals surface area contributed by atoms with Gasteiger partial charge >= 0.3 is 5.97 Å². The van der Waals surface area contributed by atoms with Crippen LogP contribution >= 0.6 is 0 Å². The number of carbonyl (C=O) groups is 2. The molecule has 26 heavy (non-hydrogen) atoms. The zero-order valence-corrected chi connectivity index (χ0v) is 14.5. The summed E-state index contributed by atoms with van der Waals surface area (Å²) in [5, 5.41) is 0. The van der Waals surface area contributed by atoms with Crippen LogP contribution in [0.25, 0.3) is 0 Å². The molecule has 0 saturated carbocycles. The minimum absolute atomic E-state index is 0.108. The van der Waals surface area contributed by atoms with E-state index in [2.05, 4.69) is 15.0 Å². The van der Waals surface area contributed by atoms with Crippen LogP contribution in [0, 0.1) is 0 Å². The first-order valence-corrected chi connectivity index (χ1v) is 8.17. The Morgan fingerprint density at radius 3 is 2.46 bits per heavy atom. The molecule has 134 valence electrons. The van der Waals surface area contributed by atoms with E-state index < -0.39 is 5.91 Å². The second-order valence-corrected chi connectivity index (χ2v) is 6.15. The predicted octanol–water partition coefficient (Wildman–Crippen LogP) is 0.758. The smallest absolute Gasteiger partial charge is 0.338 e. The van der Waals surface area contributed by atoms with E-state index >= 15 is 0 Å². The maximum atomic E-state index is 12.2. The first kappa shape index (κ1) is 17.7. The summed E-state index contributed by atoms with van der Waals surface area (Å²) in [7, 11) is 0. The number of benzene rings is 1. The number of fused-ring (bicyclic) bond motifs is 1. The quantitative estimate of drug-likeness (QED) is 0.754. The molecule has 0 saturated heterocycles. The van der Waals surface area contributed by atoms with Gasteiger partial charge in [-0.1, -0.05) is 12.1 Å². The van der Waals surface area contributed by atoms with Gasteiger partial charge < -0.3 is 16.2 Å². The normalized spacial score (nSPS) is 16.3. The molecule has 1 aromatic carbocycles. The monoisotopic (exact) mass is 353 g/mol. The Labute approximate surface area is 150 Å². The largest absolute Gasteiger partial charge is 0.459 e. The van der Waals surface area contributed by atoms with E-state index in [1.54, 1.807) is 38.1 Å². The molecule has 2 aliphatic heterocycles. The molecule has 2 aliphatic rings. The first-order valence-electron chi connectivity index (χ1n) is 8.17. The molecule has 1 amide bonds. The van der Waals surface area contributed by atoms with E-state index in [9.17, 15) is 9.59 Å². The lowest BCUT2D eigenvalue weighted by atomic mass is 9.96. The van der Waals surface area contributed by atoms with Gasteiger partial charge in [-0.2, -0.15) is 9.98 Å². The number of carbonyl (C=O) groups excluding carboxylic acids is 2. The van der Waals surface area contributed by atoms with E-state index in [-0.39, 0.29) is 30.4 Å². The van der Waals surface area contributed by atoms with Crippen molar-refractivity contribution in [2.45, 2.75) is 26.4 Å². The molecule has 1 aromatic rings. The zero-order valence-electron chi connectivity index (χ0n) is 14.5. The highest BCUT2D eigenvalue weighted by molar-refractivity contribution is 6.37. The zero-order chi connectivity index (χ0) is 18.8. The highest BCUT2D eigenvalue weighted by atomic mass is 16.5. The Morgan fingerprint density at radius 2 is 1.85 bits per heavy atom. The Morgan fingerprint density at radius 1 is 1.15 bits per heavy atom. The molecule has 0 fully saturated rings. The summed E-state index contributed by atoms with van der Waals surface area (Å²) in [6.45, 7) is 3.76. The molecule has 0 spiro atoms. The van der Waals surface area contributed by atoms with Crippen LogP contribution in [-0.2, 0) is 16.0 Å². The number of hydrogen-bond acceptors (Lipinski definition) is 7. The van der Waals surface area contributed by atoms with Gasteiger partial charge in [0.2, 0.25) is 5.96 Å². The molecule has 0 atom stereocenters. The summed E-state index contributed by atoms with van der Waals surface area (Å²) in [5.41, 5.74) is 14.2. The second-order valence-electron chi connectivity index (χ2n) is 6.15. The average molecular weight is 353 g/mol. The van der Waals surface area contributed by atoms with E-state index in [1.165, 1.54) is 0 Å². The molecular formula is C18H19N5O3. The maximum Gasteiger partial charge on any atom is 0.338 e. The number of amides is 1. The van der Waals surface area contributed by atoms with Crippen molar-refractivity contribution >= 4 is 29.4 Å². The third kappa shape index (κ3) is 3.45.